The number of fused-ring (bicyclic) bond motifs is 14. The van der Waals surface area contributed by atoms with Gasteiger partial charge in [0.25, 0.3) is 0 Å². The fraction of sp³-hybridized carbons (Fsp3) is 0.0175. The lowest BCUT2D eigenvalue weighted by Crippen LogP contribution is -2.32. The van der Waals surface area contributed by atoms with Crippen LogP contribution in [0.5, 0.6) is 46.0 Å². The molecule has 314 valence electrons. The Morgan fingerprint density at radius 3 is 1.41 bits per heavy atom. The molecular weight excluding hydrogens is 840 g/mol. The van der Waals surface area contributed by atoms with Crippen molar-refractivity contribution in [2.24, 2.45) is 0 Å². The van der Waals surface area contributed by atoms with Crippen molar-refractivity contribution < 1.29 is 35.4 Å². The molecule has 0 aromatic heterocycles. The maximum atomic E-state index is 11.6. The van der Waals surface area contributed by atoms with E-state index in [9.17, 15) is 30.6 Å². The standard InChI is InChI=1S/C57H32B4O7/c58-47-43(51(62)50(61)56(67)55(47)66)31-15-19-35-37(23-31)33-13-7-8-14-34(33)45-36-20-16-32(44-52(63)48(59)54(65)49(60)53(44)64)24-40(36)57(46(35)45)38-21-17-29(27-9-3-1-4-10-27)25-41(38)68-42-26-30(18-22-39(42)57)28-11-5-2-6-12-28/h1-26,62-67H. The monoisotopic (exact) mass is 872 g/mol. The van der Waals surface area contributed by atoms with Crippen LogP contribution >= 0.6 is 0 Å². The summed E-state index contributed by atoms with van der Waals surface area (Å²) in [5, 5.41) is 69.9. The molecule has 68 heavy (non-hydrogen) atoms. The van der Waals surface area contributed by atoms with E-state index >= 15 is 0 Å². The first-order valence-corrected chi connectivity index (χ1v) is 21.8. The van der Waals surface area contributed by atoms with Crippen LogP contribution < -0.4 is 26.6 Å². The average Bonchev–Trinajstić information content (AvgIpc) is 3.67. The van der Waals surface area contributed by atoms with Gasteiger partial charge in [0.15, 0.2) is 5.75 Å². The van der Waals surface area contributed by atoms with Gasteiger partial charge >= 0.3 is 0 Å². The molecule has 12 rings (SSSR count). The van der Waals surface area contributed by atoms with Crippen LogP contribution in [0.3, 0.4) is 0 Å². The Labute approximate surface area is 395 Å². The first kappa shape index (κ1) is 41.0. The second-order valence-electron chi connectivity index (χ2n) is 17.3. The Balaban J connectivity index is 1.26. The molecule has 8 radical (unpaired) electrons. The zero-order chi connectivity index (χ0) is 46.9. The van der Waals surface area contributed by atoms with E-state index < -0.39 is 45.4 Å². The molecule has 0 saturated carbocycles. The molecule has 0 bridgehead atoms. The smallest absolute Gasteiger partial charge is 0.153 e. The molecular formula is C57H32B4O7. The van der Waals surface area contributed by atoms with Gasteiger partial charge in [0.1, 0.15) is 71.6 Å². The van der Waals surface area contributed by atoms with Gasteiger partial charge in [0.2, 0.25) is 0 Å². The third-order valence-corrected chi connectivity index (χ3v) is 13.9. The minimum absolute atomic E-state index is 0.0498. The number of phenols is 6. The van der Waals surface area contributed by atoms with Crippen LogP contribution in [0.25, 0.3) is 77.2 Å². The van der Waals surface area contributed by atoms with Crippen LogP contribution in [0.4, 0.5) is 0 Å². The molecule has 11 heteroatoms. The van der Waals surface area contributed by atoms with Gasteiger partial charge in [-0.1, -0.05) is 133 Å². The van der Waals surface area contributed by atoms with Crippen molar-refractivity contribution in [3.8, 4) is 102 Å². The number of rotatable bonds is 4. The fourth-order valence-electron chi connectivity index (χ4n) is 10.7. The van der Waals surface area contributed by atoms with E-state index in [0.29, 0.717) is 22.6 Å². The highest BCUT2D eigenvalue weighted by Gasteiger charge is 2.53. The van der Waals surface area contributed by atoms with Gasteiger partial charge in [-0.05, 0) is 123 Å². The lowest BCUT2D eigenvalue weighted by Gasteiger charge is -2.40. The second-order valence-corrected chi connectivity index (χ2v) is 17.3. The molecule has 1 heterocycles. The fourth-order valence-corrected chi connectivity index (χ4v) is 10.7. The zero-order valence-electron chi connectivity index (χ0n) is 35.9. The number of phenolic OH excluding ortho intramolecular Hbond substituents is 6. The second kappa shape index (κ2) is 14.8. The number of aromatic hydroxyl groups is 6. The highest BCUT2D eigenvalue weighted by atomic mass is 16.5. The number of benzene rings is 10. The number of ether oxygens (including phenoxy) is 1. The molecule has 0 amide bonds. The minimum Gasteiger partial charge on any atom is -0.509 e. The zero-order valence-corrected chi connectivity index (χ0v) is 35.9. The third kappa shape index (κ3) is 5.53. The lowest BCUT2D eigenvalue weighted by atomic mass is 9.64. The quantitative estimate of drug-likeness (QED) is 0.0453. The first-order chi connectivity index (χ1) is 32.9. The Morgan fingerprint density at radius 1 is 0.324 bits per heavy atom. The van der Waals surface area contributed by atoms with Gasteiger partial charge < -0.3 is 35.4 Å². The highest BCUT2D eigenvalue weighted by Crippen LogP contribution is 2.66. The molecule has 1 aliphatic heterocycles. The highest BCUT2D eigenvalue weighted by molar-refractivity contribution is 6.45. The average molecular weight is 872 g/mol. The number of hydrogen-bond donors (Lipinski definition) is 6. The van der Waals surface area contributed by atoms with Gasteiger partial charge in [0.05, 0.1) is 11.0 Å². The summed E-state index contributed by atoms with van der Waals surface area (Å²) in [6, 6.07) is 51.9. The molecule has 0 fully saturated rings. The van der Waals surface area contributed by atoms with E-state index in [0.717, 1.165) is 77.2 Å². The number of hydrogen-bond acceptors (Lipinski definition) is 7. The van der Waals surface area contributed by atoms with E-state index in [-0.39, 0.29) is 27.5 Å². The van der Waals surface area contributed by atoms with Crippen LogP contribution in [-0.4, -0.2) is 62.0 Å². The molecule has 7 nitrogen and oxygen atoms in total. The molecule has 0 unspecified atom stereocenters. The molecule has 0 saturated heterocycles. The Morgan fingerprint density at radius 2 is 0.809 bits per heavy atom. The Hall–Kier alpha value is -8.42. The van der Waals surface area contributed by atoms with Crippen LogP contribution in [-0.2, 0) is 5.41 Å². The normalized spacial score (nSPS) is 12.9. The summed E-state index contributed by atoms with van der Waals surface area (Å²) in [6.45, 7) is 0. The van der Waals surface area contributed by atoms with Crippen molar-refractivity contribution in [2.45, 2.75) is 5.41 Å². The van der Waals surface area contributed by atoms with Crippen LogP contribution in [0.2, 0.25) is 0 Å². The van der Waals surface area contributed by atoms with Crippen molar-refractivity contribution in [1.82, 2.24) is 0 Å². The van der Waals surface area contributed by atoms with Crippen molar-refractivity contribution >= 4 is 74.8 Å². The predicted octanol–water partition coefficient (Wildman–Crippen LogP) is 8.54. The largest absolute Gasteiger partial charge is 0.509 e. The van der Waals surface area contributed by atoms with E-state index in [2.05, 4.69) is 42.5 Å². The molecule has 2 aliphatic rings. The minimum atomic E-state index is -1.18. The van der Waals surface area contributed by atoms with E-state index in [1.54, 1.807) is 12.1 Å². The molecule has 1 spiro atoms. The van der Waals surface area contributed by atoms with E-state index in [4.69, 9.17) is 36.1 Å². The van der Waals surface area contributed by atoms with E-state index in [1.165, 1.54) is 0 Å². The Kier molecular flexibility index (Phi) is 8.93. The summed E-state index contributed by atoms with van der Waals surface area (Å²) in [5.41, 5.74) is 7.19. The van der Waals surface area contributed by atoms with Crippen molar-refractivity contribution in [1.29, 1.82) is 0 Å². The summed E-state index contributed by atoms with van der Waals surface area (Å²) in [6.07, 6.45) is 0. The van der Waals surface area contributed by atoms with Gasteiger partial charge in [-0.25, -0.2) is 0 Å². The molecule has 1 aliphatic carbocycles. The lowest BCUT2D eigenvalue weighted by molar-refractivity contribution is 0.405. The van der Waals surface area contributed by atoms with Crippen molar-refractivity contribution in [2.75, 3.05) is 0 Å². The Bertz CT molecular complexity index is 3690. The summed E-state index contributed by atoms with van der Waals surface area (Å²) in [5.74, 6) is -2.32. The maximum Gasteiger partial charge on any atom is 0.153 e. The van der Waals surface area contributed by atoms with Gasteiger partial charge in [-0.15, -0.1) is 0 Å². The van der Waals surface area contributed by atoms with Crippen LogP contribution in [0.1, 0.15) is 22.3 Å². The van der Waals surface area contributed by atoms with Crippen molar-refractivity contribution in [3.05, 3.63) is 180 Å². The maximum absolute atomic E-state index is 11.6. The summed E-state index contributed by atoms with van der Waals surface area (Å²) in [7, 11) is 25.0. The molecule has 0 atom stereocenters. The van der Waals surface area contributed by atoms with Crippen LogP contribution in [0.15, 0.2) is 158 Å². The van der Waals surface area contributed by atoms with Gasteiger partial charge in [0, 0.05) is 16.7 Å². The summed E-state index contributed by atoms with van der Waals surface area (Å²) >= 11 is 0. The van der Waals surface area contributed by atoms with Gasteiger partial charge in [-0.2, -0.15) is 0 Å². The molecule has 6 N–H and O–H groups in total. The molecule has 10 aromatic carbocycles. The first-order valence-electron chi connectivity index (χ1n) is 21.8. The predicted molar refractivity (Wildman–Crippen MR) is 272 cm³/mol. The van der Waals surface area contributed by atoms with E-state index in [1.807, 2.05) is 103 Å². The SMILES string of the molecule is [B]c1c(O)c(O)c([B])c(-c2ccc3c4c(c5ccccc5c3c2)-c2ccc(-c3c(O)c([B])c(O)c([B])c3O)cc2C42c3ccc(-c4ccccc4)cc3Oc3cc(-c4ccccc4)ccc32)c1O. The third-order valence-electron chi connectivity index (χ3n) is 13.9. The summed E-state index contributed by atoms with van der Waals surface area (Å²) < 4.78 is 7.11. The van der Waals surface area contributed by atoms with Crippen molar-refractivity contribution in [3.63, 3.8) is 0 Å². The summed E-state index contributed by atoms with van der Waals surface area (Å²) in [4.78, 5) is 0. The van der Waals surface area contributed by atoms with Crippen LogP contribution in [0, 0.1) is 0 Å². The molecule has 10 aromatic rings. The van der Waals surface area contributed by atoms with Gasteiger partial charge in [-0.3, -0.25) is 0 Å². The topological polar surface area (TPSA) is 131 Å².